The second-order valence-electron chi connectivity index (χ2n) is 3.22. The highest BCUT2D eigenvalue weighted by atomic mass is 79.9. The minimum absolute atomic E-state index is 0.0869. The van der Waals surface area contributed by atoms with Crippen LogP contribution in [0.25, 0.3) is 11.3 Å². The van der Waals surface area contributed by atoms with Gasteiger partial charge < -0.3 is 20.1 Å². The predicted octanol–water partition coefficient (Wildman–Crippen LogP) is 2.54. The number of aromatic nitrogens is 1. The van der Waals surface area contributed by atoms with Gasteiger partial charge in [-0.3, -0.25) is 0 Å². The fourth-order valence-corrected chi connectivity index (χ4v) is 2.17. The van der Waals surface area contributed by atoms with Gasteiger partial charge in [-0.2, -0.15) is 0 Å². The molecule has 7 heteroatoms. The lowest BCUT2D eigenvalue weighted by Crippen LogP contribution is -1.91. The fourth-order valence-electron chi connectivity index (χ4n) is 1.42. The summed E-state index contributed by atoms with van der Waals surface area (Å²) in [6.07, 6.45) is 0. The number of methoxy groups -OCH3 is 1. The first-order valence-electron chi connectivity index (χ1n) is 4.52. The topological polar surface area (TPSA) is 81.5 Å². The Morgan fingerprint density at radius 1 is 1.53 bits per heavy atom. The summed E-state index contributed by atoms with van der Waals surface area (Å²) < 4.78 is 23.8. The summed E-state index contributed by atoms with van der Waals surface area (Å²) in [5.41, 5.74) is 5.48. The monoisotopic (exact) mass is 302 g/mol. The lowest BCUT2D eigenvalue weighted by Gasteiger charge is -2.09. The third kappa shape index (κ3) is 1.93. The molecule has 0 aliphatic rings. The van der Waals surface area contributed by atoms with Gasteiger partial charge in [0.15, 0.2) is 23.1 Å². The number of benzene rings is 1. The number of ether oxygens (including phenoxy) is 1. The van der Waals surface area contributed by atoms with Crippen LogP contribution in [0.3, 0.4) is 0 Å². The van der Waals surface area contributed by atoms with Crippen LogP contribution in [-0.4, -0.2) is 17.4 Å². The zero-order valence-corrected chi connectivity index (χ0v) is 10.3. The molecule has 0 saturated carbocycles. The Bertz CT molecular complexity index is 571. The first-order chi connectivity index (χ1) is 8.04. The Morgan fingerprint density at radius 2 is 2.24 bits per heavy atom. The van der Waals surface area contributed by atoms with Crippen molar-refractivity contribution < 1.29 is 18.8 Å². The van der Waals surface area contributed by atoms with E-state index in [1.165, 1.54) is 13.2 Å². The number of nitrogens with zero attached hydrogens (tertiary/aromatic N) is 1. The molecule has 0 saturated heterocycles. The molecule has 0 aliphatic carbocycles. The molecule has 17 heavy (non-hydrogen) atoms. The van der Waals surface area contributed by atoms with Gasteiger partial charge in [0.05, 0.1) is 17.1 Å². The van der Waals surface area contributed by atoms with Gasteiger partial charge in [0, 0.05) is 12.1 Å². The van der Waals surface area contributed by atoms with Crippen LogP contribution in [-0.2, 0) is 0 Å². The number of halogens is 2. The maximum Gasteiger partial charge on any atom is 0.175 e. The summed E-state index contributed by atoms with van der Waals surface area (Å²) in [5.74, 6) is -0.598. The minimum atomic E-state index is -0.675. The van der Waals surface area contributed by atoms with E-state index in [2.05, 4.69) is 21.1 Å². The molecule has 0 amide bonds. The molecule has 1 aromatic heterocycles. The van der Waals surface area contributed by atoms with Crippen LogP contribution in [0.2, 0.25) is 0 Å². The summed E-state index contributed by atoms with van der Waals surface area (Å²) >= 11 is 3.14. The fraction of sp³-hybridized carbons (Fsp3) is 0.100. The Labute approximate surface area is 104 Å². The van der Waals surface area contributed by atoms with Crippen molar-refractivity contribution in [3.63, 3.8) is 0 Å². The number of hydrogen-bond acceptors (Lipinski definition) is 5. The lowest BCUT2D eigenvalue weighted by atomic mass is 10.1. The number of anilines is 1. The quantitative estimate of drug-likeness (QED) is 0.891. The molecule has 2 rings (SSSR count). The van der Waals surface area contributed by atoms with E-state index in [4.69, 9.17) is 15.0 Å². The van der Waals surface area contributed by atoms with E-state index in [1.807, 2.05) is 0 Å². The highest BCUT2D eigenvalue weighted by Gasteiger charge is 2.21. The Hall–Kier alpha value is -1.76. The van der Waals surface area contributed by atoms with Crippen molar-refractivity contribution >= 4 is 21.7 Å². The minimum Gasteiger partial charge on any atom is -0.504 e. The summed E-state index contributed by atoms with van der Waals surface area (Å²) in [7, 11) is 1.36. The van der Waals surface area contributed by atoms with E-state index < -0.39 is 5.82 Å². The van der Waals surface area contributed by atoms with Crippen molar-refractivity contribution in [2.45, 2.75) is 0 Å². The van der Waals surface area contributed by atoms with E-state index in [1.54, 1.807) is 0 Å². The number of aromatic hydroxyl groups is 1. The van der Waals surface area contributed by atoms with Gasteiger partial charge in [-0.25, -0.2) is 4.39 Å². The Balaban J connectivity index is 2.69. The van der Waals surface area contributed by atoms with Gasteiger partial charge in [0.1, 0.15) is 5.82 Å². The van der Waals surface area contributed by atoms with Gasteiger partial charge in [0.2, 0.25) is 0 Å². The van der Waals surface area contributed by atoms with E-state index in [-0.39, 0.29) is 33.1 Å². The van der Waals surface area contributed by atoms with Crippen LogP contribution in [0.4, 0.5) is 10.2 Å². The molecule has 0 aliphatic heterocycles. The summed E-state index contributed by atoms with van der Waals surface area (Å²) in [4.78, 5) is 0. The molecule has 5 nitrogen and oxygen atoms in total. The van der Waals surface area contributed by atoms with Crippen LogP contribution >= 0.6 is 15.9 Å². The second kappa shape index (κ2) is 4.25. The van der Waals surface area contributed by atoms with E-state index >= 15 is 0 Å². The van der Waals surface area contributed by atoms with Crippen LogP contribution in [0.15, 0.2) is 21.1 Å². The van der Waals surface area contributed by atoms with Gasteiger partial charge >= 0.3 is 0 Å². The zero-order chi connectivity index (χ0) is 12.6. The molecule has 0 unspecified atom stereocenters. The van der Waals surface area contributed by atoms with E-state index in [9.17, 15) is 9.50 Å². The van der Waals surface area contributed by atoms with Crippen molar-refractivity contribution in [2.75, 3.05) is 12.8 Å². The number of rotatable bonds is 2. The third-order valence-corrected chi connectivity index (χ3v) is 2.89. The van der Waals surface area contributed by atoms with Crippen molar-refractivity contribution in [2.24, 2.45) is 0 Å². The molecule has 0 bridgehead atoms. The van der Waals surface area contributed by atoms with Gasteiger partial charge in [0.25, 0.3) is 0 Å². The molecule has 90 valence electrons. The maximum absolute atomic E-state index is 13.7. The van der Waals surface area contributed by atoms with Gasteiger partial charge in [-0.1, -0.05) is 5.16 Å². The van der Waals surface area contributed by atoms with Crippen LogP contribution in [0.5, 0.6) is 11.5 Å². The molecule has 0 fully saturated rings. The number of phenols is 1. The molecule has 1 heterocycles. The SMILES string of the molecule is COc1c(O)cc(F)c(-c2cc(N)no2)c1Br. The van der Waals surface area contributed by atoms with Crippen molar-refractivity contribution in [1.29, 1.82) is 0 Å². The molecule has 1 aromatic carbocycles. The van der Waals surface area contributed by atoms with Crippen LogP contribution in [0.1, 0.15) is 0 Å². The largest absolute Gasteiger partial charge is 0.504 e. The number of nitrogen functional groups attached to an aromatic ring is 1. The molecular weight excluding hydrogens is 295 g/mol. The third-order valence-electron chi connectivity index (χ3n) is 2.13. The van der Waals surface area contributed by atoms with Crippen LogP contribution in [0, 0.1) is 5.82 Å². The second-order valence-corrected chi connectivity index (χ2v) is 4.01. The highest BCUT2D eigenvalue weighted by molar-refractivity contribution is 9.10. The van der Waals surface area contributed by atoms with Gasteiger partial charge in [-0.15, -0.1) is 0 Å². The average molecular weight is 303 g/mol. The molecule has 0 spiro atoms. The zero-order valence-electron chi connectivity index (χ0n) is 8.70. The summed E-state index contributed by atoms with van der Waals surface area (Å²) in [6, 6.07) is 2.30. The summed E-state index contributed by atoms with van der Waals surface area (Å²) in [6.45, 7) is 0. The van der Waals surface area contributed by atoms with E-state index in [0.717, 1.165) is 6.07 Å². The van der Waals surface area contributed by atoms with E-state index in [0.29, 0.717) is 0 Å². The molecular formula is C10H8BrFN2O3. The van der Waals surface area contributed by atoms with Gasteiger partial charge in [-0.05, 0) is 15.9 Å². The smallest absolute Gasteiger partial charge is 0.175 e. The Morgan fingerprint density at radius 3 is 2.76 bits per heavy atom. The molecule has 0 atom stereocenters. The normalized spacial score (nSPS) is 10.5. The molecule has 0 radical (unpaired) electrons. The van der Waals surface area contributed by atoms with Crippen molar-refractivity contribution in [3.8, 4) is 22.8 Å². The number of phenolic OH excluding ortho intramolecular Hbond substituents is 1. The number of hydrogen-bond donors (Lipinski definition) is 2. The van der Waals surface area contributed by atoms with Crippen molar-refractivity contribution in [3.05, 3.63) is 22.4 Å². The Kier molecular flexibility index (Phi) is 2.93. The molecule has 2 aromatic rings. The molecule has 3 N–H and O–H groups in total. The average Bonchev–Trinajstić information content (AvgIpc) is 2.64. The maximum atomic E-state index is 13.7. The summed E-state index contributed by atoms with van der Waals surface area (Å²) in [5, 5.41) is 12.9. The number of nitrogens with two attached hydrogens (primary N) is 1. The predicted molar refractivity (Wildman–Crippen MR) is 62.2 cm³/mol. The standard InChI is InChI=1S/C10H8BrFN2O3/c1-16-10-5(15)2-4(12)8(9(10)11)6-3-7(13)14-17-6/h2-3,15H,1H3,(H2,13,14). The van der Waals surface area contributed by atoms with Crippen molar-refractivity contribution in [1.82, 2.24) is 5.16 Å². The van der Waals surface area contributed by atoms with Crippen LogP contribution < -0.4 is 10.5 Å². The first kappa shape index (κ1) is 11.7. The lowest BCUT2D eigenvalue weighted by molar-refractivity contribution is 0.368. The first-order valence-corrected chi connectivity index (χ1v) is 5.31. The highest BCUT2D eigenvalue weighted by Crippen LogP contribution is 2.43.